The second-order valence-corrected chi connectivity index (χ2v) is 8.77. The fourth-order valence-corrected chi connectivity index (χ4v) is 4.48. The Hall–Kier alpha value is -1.75. The Kier molecular flexibility index (Phi) is 8.94. The zero-order chi connectivity index (χ0) is 23.6. The molecular formula is C25H33ClO8. The zero-order valence-electron chi connectivity index (χ0n) is 18.3. The standard InChI is InChI=1S/C24H29ClO8.CH4/c1-30-24(23(29)22(28)21(27)20(12-26)33-24)16-4-7-19(25)15(11-16)10-14-2-5-17(6-3-14)32-18-8-9-31-13-18;/h2-7,11,18,20-23,26-29H,8-10,12-13H2,1H3;1H4/t18-,20+,21+,22-,23+,24?;/m0./s1. The van der Waals surface area contributed by atoms with Crippen molar-refractivity contribution in [2.24, 2.45) is 0 Å². The third-order valence-electron chi connectivity index (χ3n) is 6.21. The van der Waals surface area contributed by atoms with Gasteiger partial charge in [-0.1, -0.05) is 37.2 Å². The topological polar surface area (TPSA) is 118 Å². The van der Waals surface area contributed by atoms with Crippen molar-refractivity contribution in [3.05, 3.63) is 64.2 Å². The van der Waals surface area contributed by atoms with E-state index in [0.717, 1.165) is 23.3 Å². The largest absolute Gasteiger partial charge is 0.488 e. The summed E-state index contributed by atoms with van der Waals surface area (Å²) in [5.41, 5.74) is 2.15. The van der Waals surface area contributed by atoms with Crippen molar-refractivity contribution in [3.63, 3.8) is 0 Å². The highest BCUT2D eigenvalue weighted by atomic mass is 35.5. The van der Waals surface area contributed by atoms with E-state index in [0.29, 0.717) is 30.2 Å². The molecule has 188 valence electrons. The van der Waals surface area contributed by atoms with Gasteiger partial charge in [0.05, 0.1) is 19.8 Å². The number of hydrogen-bond acceptors (Lipinski definition) is 8. The average molecular weight is 497 g/mol. The minimum Gasteiger partial charge on any atom is -0.488 e. The van der Waals surface area contributed by atoms with E-state index < -0.39 is 36.8 Å². The molecule has 0 aromatic heterocycles. The molecule has 4 rings (SSSR count). The maximum atomic E-state index is 10.7. The molecule has 2 aromatic carbocycles. The summed E-state index contributed by atoms with van der Waals surface area (Å²) in [5.74, 6) is -1.01. The van der Waals surface area contributed by atoms with Gasteiger partial charge in [0.25, 0.3) is 0 Å². The van der Waals surface area contributed by atoms with E-state index in [1.54, 1.807) is 18.2 Å². The molecule has 4 N–H and O–H groups in total. The molecule has 0 spiro atoms. The summed E-state index contributed by atoms with van der Waals surface area (Å²) in [4.78, 5) is 0. The van der Waals surface area contributed by atoms with Gasteiger partial charge in [-0.25, -0.2) is 0 Å². The summed E-state index contributed by atoms with van der Waals surface area (Å²) in [6, 6.07) is 12.7. The smallest absolute Gasteiger partial charge is 0.224 e. The van der Waals surface area contributed by atoms with Crippen LogP contribution in [0, 0.1) is 0 Å². The first kappa shape index (κ1) is 26.8. The molecule has 2 heterocycles. The Morgan fingerprint density at radius 1 is 1.09 bits per heavy atom. The first-order chi connectivity index (χ1) is 15.9. The molecule has 0 aliphatic carbocycles. The molecule has 1 unspecified atom stereocenters. The molecule has 8 nitrogen and oxygen atoms in total. The van der Waals surface area contributed by atoms with E-state index in [-0.39, 0.29) is 13.5 Å². The van der Waals surface area contributed by atoms with Gasteiger partial charge in [-0.15, -0.1) is 0 Å². The minimum atomic E-state index is -1.79. The van der Waals surface area contributed by atoms with Gasteiger partial charge in [0.15, 0.2) is 0 Å². The number of benzene rings is 2. The van der Waals surface area contributed by atoms with E-state index >= 15 is 0 Å². The highest BCUT2D eigenvalue weighted by Crippen LogP contribution is 2.40. The number of aliphatic hydroxyl groups excluding tert-OH is 4. The monoisotopic (exact) mass is 496 g/mol. The highest BCUT2D eigenvalue weighted by molar-refractivity contribution is 6.31. The number of ether oxygens (including phenoxy) is 4. The van der Waals surface area contributed by atoms with Gasteiger partial charge < -0.3 is 39.4 Å². The predicted molar refractivity (Wildman–Crippen MR) is 126 cm³/mol. The summed E-state index contributed by atoms with van der Waals surface area (Å²) >= 11 is 6.45. The third kappa shape index (κ3) is 5.24. The summed E-state index contributed by atoms with van der Waals surface area (Å²) in [7, 11) is 1.32. The summed E-state index contributed by atoms with van der Waals surface area (Å²) in [6.45, 7) is 0.758. The maximum absolute atomic E-state index is 10.7. The second-order valence-electron chi connectivity index (χ2n) is 8.37. The van der Waals surface area contributed by atoms with Gasteiger partial charge in [0.1, 0.15) is 36.3 Å². The van der Waals surface area contributed by atoms with Crippen LogP contribution in [0.1, 0.15) is 30.5 Å². The molecule has 2 saturated heterocycles. The average Bonchev–Trinajstić information content (AvgIpc) is 3.34. The SMILES string of the molecule is C.COC1(c2ccc(Cl)c(Cc3ccc(O[C@H]4CCOC4)cc3)c2)O[C@H](CO)[C@@H](O)[C@H](O)[C@H]1O. The minimum absolute atomic E-state index is 0. The molecular weight excluding hydrogens is 464 g/mol. The number of halogens is 1. The normalized spacial score (nSPS) is 31.2. The van der Waals surface area contributed by atoms with Gasteiger partial charge in [-0.05, 0) is 41.8 Å². The van der Waals surface area contributed by atoms with Crippen LogP contribution in [0.5, 0.6) is 5.75 Å². The first-order valence-electron chi connectivity index (χ1n) is 10.9. The molecule has 2 aliphatic rings. The van der Waals surface area contributed by atoms with Crippen LogP contribution in [0.25, 0.3) is 0 Å². The Morgan fingerprint density at radius 2 is 1.82 bits per heavy atom. The number of rotatable bonds is 7. The molecule has 34 heavy (non-hydrogen) atoms. The Bertz CT molecular complexity index is 931. The molecule has 0 bridgehead atoms. The van der Waals surface area contributed by atoms with Crippen molar-refractivity contribution in [3.8, 4) is 5.75 Å². The Balaban J connectivity index is 0.00000324. The third-order valence-corrected chi connectivity index (χ3v) is 6.58. The number of hydrogen-bond donors (Lipinski definition) is 4. The molecule has 0 radical (unpaired) electrons. The molecule has 2 aromatic rings. The van der Waals surface area contributed by atoms with Gasteiger partial charge >= 0.3 is 0 Å². The summed E-state index contributed by atoms with van der Waals surface area (Å²) < 4.78 is 22.5. The fourth-order valence-electron chi connectivity index (χ4n) is 4.30. The molecule has 0 amide bonds. The highest BCUT2D eigenvalue weighted by Gasteiger charge is 2.55. The van der Waals surface area contributed by atoms with Crippen molar-refractivity contribution in [2.75, 3.05) is 26.9 Å². The van der Waals surface area contributed by atoms with Crippen LogP contribution in [-0.2, 0) is 26.4 Å². The van der Waals surface area contributed by atoms with E-state index in [1.165, 1.54) is 7.11 Å². The summed E-state index contributed by atoms with van der Waals surface area (Å²) in [6.07, 6.45) is -4.33. The molecule has 2 fully saturated rings. The number of methoxy groups -OCH3 is 1. The molecule has 9 heteroatoms. The zero-order valence-corrected chi connectivity index (χ0v) is 19.0. The quantitative estimate of drug-likeness (QED) is 0.460. The van der Waals surface area contributed by atoms with E-state index in [9.17, 15) is 20.4 Å². The van der Waals surface area contributed by atoms with Gasteiger partial charge in [0, 0.05) is 24.1 Å². The van der Waals surface area contributed by atoms with E-state index in [1.807, 2.05) is 24.3 Å². The first-order valence-corrected chi connectivity index (χ1v) is 11.3. The van der Waals surface area contributed by atoms with Crippen molar-refractivity contribution in [1.82, 2.24) is 0 Å². The maximum Gasteiger partial charge on any atom is 0.224 e. The van der Waals surface area contributed by atoms with Crippen LogP contribution < -0.4 is 4.74 Å². The Labute approximate surface area is 204 Å². The van der Waals surface area contributed by atoms with Crippen molar-refractivity contribution >= 4 is 11.6 Å². The van der Waals surface area contributed by atoms with Crippen LogP contribution in [0.3, 0.4) is 0 Å². The van der Waals surface area contributed by atoms with Crippen LogP contribution in [-0.4, -0.2) is 77.9 Å². The lowest BCUT2D eigenvalue weighted by Gasteiger charge is -2.47. The number of aliphatic hydroxyl groups is 4. The van der Waals surface area contributed by atoms with Gasteiger partial charge in [-0.3, -0.25) is 0 Å². The fraction of sp³-hybridized carbons (Fsp3) is 0.520. The second kappa shape index (κ2) is 11.3. The summed E-state index contributed by atoms with van der Waals surface area (Å²) in [5, 5.41) is 41.3. The van der Waals surface area contributed by atoms with Crippen molar-refractivity contribution < 1.29 is 39.4 Å². The van der Waals surface area contributed by atoms with Crippen molar-refractivity contribution in [2.45, 2.75) is 56.6 Å². The lowest BCUT2D eigenvalue weighted by molar-refractivity contribution is -0.366. The van der Waals surface area contributed by atoms with E-state index in [4.69, 9.17) is 30.5 Å². The molecule has 0 saturated carbocycles. The lowest BCUT2D eigenvalue weighted by atomic mass is 9.87. The van der Waals surface area contributed by atoms with Crippen molar-refractivity contribution in [1.29, 1.82) is 0 Å². The van der Waals surface area contributed by atoms with Gasteiger partial charge in [-0.2, -0.15) is 0 Å². The van der Waals surface area contributed by atoms with Crippen LogP contribution in [0.4, 0.5) is 0 Å². The predicted octanol–water partition coefficient (Wildman–Crippen LogP) is 2.01. The van der Waals surface area contributed by atoms with E-state index in [2.05, 4.69) is 0 Å². The Morgan fingerprint density at radius 3 is 2.44 bits per heavy atom. The van der Waals surface area contributed by atoms with Crippen LogP contribution >= 0.6 is 11.6 Å². The van der Waals surface area contributed by atoms with Crippen LogP contribution in [0.15, 0.2) is 42.5 Å². The molecule has 2 aliphatic heterocycles. The lowest BCUT2D eigenvalue weighted by Crippen LogP contribution is -2.64. The van der Waals surface area contributed by atoms with Gasteiger partial charge in [0.2, 0.25) is 5.79 Å². The van der Waals surface area contributed by atoms with Crippen LogP contribution in [0.2, 0.25) is 5.02 Å². The molecule has 6 atom stereocenters.